The van der Waals surface area contributed by atoms with Gasteiger partial charge in [0.1, 0.15) is 0 Å². The molecule has 0 bridgehead atoms. The third kappa shape index (κ3) is 4.89. The van der Waals surface area contributed by atoms with E-state index in [4.69, 9.17) is 15.7 Å². The van der Waals surface area contributed by atoms with Crippen LogP contribution in [0.4, 0.5) is 0 Å². The molecule has 0 saturated heterocycles. The zero-order valence-electron chi connectivity index (χ0n) is 29.0. The molecule has 0 amide bonds. The molecule has 0 radical (unpaired) electrons. The highest BCUT2D eigenvalue weighted by molar-refractivity contribution is 9.10. The van der Waals surface area contributed by atoms with Gasteiger partial charge in [0.05, 0.1) is 22.9 Å². The highest BCUT2D eigenvalue weighted by atomic mass is 79.9. The molecule has 0 spiro atoms. The maximum Gasteiger partial charge on any atom is 0.0648 e. The maximum absolute atomic E-state index is 9.76. The van der Waals surface area contributed by atoms with E-state index < -0.39 is 5.41 Å². The number of fused-ring (bicyclic) bond motifs is 7. The highest BCUT2D eigenvalue weighted by Crippen LogP contribution is 2.40. The van der Waals surface area contributed by atoms with Crippen molar-refractivity contribution in [2.24, 2.45) is 0 Å². The van der Waals surface area contributed by atoms with Gasteiger partial charge in [-0.15, -0.1) is 0 Å². The fourth-order valence-electron chi connectivity index (χ4n) is 5.85. The minimum Gasteiger partial charge on any atom is -0.309 e. The van der Waals surface area contributed by atoms with Crippen LogP contribution in [0.5, 0.6) is 0 Å². The minimum absolute atomic E-state index is 0.0559. The summed E-state index contributed by atoms with van der Waals surface area (Å²) in [6.45, 7) is 5.95. The van der Waals surface area contributed by atoms with E-state index >= 15 is 0 Å². The standard InChI is InChI=1S/C40H31BrClN/c1-40(2,3)27-23-28(41)25-29(24-27)43-37-22-12-21-36(42)38(37)34-18-10-9-16-32(34)31-15-7-8-17-33(31)35-20-11-19-30(39(35)43)26-13-5-4-6-14-26/h4-25H,1-3H3/i12D,21D,22D,23D,24D. The molecule has 1 aromatic heterocycles. The molecule has 0 atom stereocenters. The van der Waals surface area contributed by atoms with Crippen LogP contribution in [0.25, 0.3) is 60.2 Å². The van der Waals surface area contributed by atoms with Gasteiger partial charge in [-0.1, -0.05) is 151 Å². The van der Waals surface area contributed by atoms with E-state index in [0.29, 0.717) is 37.5 Å². The predicted octanol–water partition coefficient (Wildman–Crippen LogP) is 12.6. The summed E-state index contributed by atoms with van der Waals surface area (Å²) in [6, 6.07) is 33.4. The van der Waals surface area contributed by atoms with Crippen LogP contribution in [0.1, 0.15) is 33.2 Å². The van der Waals surface area contributed by atoms with Crippen molar-refractivity contribution in [2.75, 3.05) is 0 Å². The van der Waals surface area contributed by atoms with Gasteiger partial charge in [-0.05, 0) is 68.3 Å². The molecule has 43 heavy (non-hydrogen) atoms. The van der Waals surface area contributed by atoms with Gasteiger partial charge in [-0.25, -0.2) is 0 Å². The van der Waals surface area contributed by atoms with Gasteiger partial charge in [-0.2, -0.15) is 0 Å². The van der Waals surface area contributed by atoms with Gasteiger partial charge in [0.25, 0.3) is 0 Å². The normalized spacial score (nSPS) is 13.5. The lowest BCUT2D eigenvalue weighted by atomic mass is 9.87. The van der Waals surface area contributed by atoms with E-state index in [-0.39, 0.29) is 35.2 Å². The Bertz CT molecular complexity index is 2520. The minimum atomic E-state index is -0.566. The molecule has 6 aromatic carbocycles. The van der Waals surface area contributed by atoms with E-state index in [9.17, 15) is 2.74 Å². The second kappa shape index (κ2) is 10.9. The van der Waals surface area contributed by atoms with Crippen LogP contribution < -0.4 is 0 Å². The van der Waals surface area contributed by atoms with Gasteiger partial charge < -0.3 is 4.57 Å². The van der Waals surface area contributed by atoms with E-state index in [0.717, 1.165) is 32.7 Å². The van der Waals surface area contributed by atoms with E-state index in [2.05, 4.69) is 34.1 Å². The zero-order valence-corrected chi connectivity index (χ0v) is 26.4. The number of nitrogens with zero attached hydrogens (tertiary/aromatic N) is 1. The largest absolute Gasteiger partial charge is 0.309 e. The SMILES string of the molecule is [2H]c1c(Br)cc(-n2c3c(-c4ccccc4)cccc3c3ccccc3c3ccccc3c3c(Cl)c([2H])c([2H])c([2H])c32)c([2H])c1C(C)(C)C. The quantitative estimate of drug-likeness (QED) is 0.176. The van der Waals surface area contributed by atoms with Crippen molar-refractivity contribution in [3.05, 3.63) is 148 Å². The van der Waals surface area contributed by atoms with Crippen molar-refractivity contribution < 1.29 is 6.85 Å². The van der Waals surface area contributed by atoms with Gasteiger partial charge in [0.2, 0.25) is 0 Å². The Morgan fingerprint density at radius 2 is 1.30 bits per heavy atom. The first-order valence-corrected chi connectivity index (χ1v) is 15.4. The molecular weight excluding hydrogens is 610 g/mol. The molecule has 7 aromatic rings. The van der Waals surface area contributed by atoms with Crippen LogP contribution in [0, 0.1) is 0 Å². The topological polar surface area (TPSA) is 4.93 Å². The van der Waals surface area contributed by atoms with Crippen LogP contribution in [-0.2, 0) is 5.41 Å². The van der Waals surface area contributed by atoms with Crippen LogP contribution in [-0.4, -0.2) is 4.57 Å². The Morgan fingerprint density at radius 1 is 0.698 bits per heavy atom. The van der Waals surface area contributed by atoms with Crippen molar-refractivity contribution in [3.8, 4) is 16.8 Å². The van der Waals surface area contributed by atoms with Crippen LogP contribution in [0.15, 0.2) is 138 Å². The fourth-order valence-corrected chi connectivity index (χ4v) is 6.50. The summed E-state index contributed by atoms with van der Waals surface area (Å²) in [5.41, 5.74) is 3.16. The third-order valence-corrected chi connectivity index (χ3v) is 8.54. The number of hydrogen-bond donors (Lipinski definition) is 0. The van der Waals surface area contributed by atoms with Crippen molar-refractivity contribution in [2.45, 2.75) is 26.2 Å². The monoisotopic (exact) mass is 644 g/mol. The summed E-state index contributed by atoms with van der Waals surface area (Å²) in [7, 11) is 0. The molecular formula is C40H31BrClN. The third-order valence-electron chi connectivity index (χ3n) is 7.83. The first kappa shape index (κ1) is 22.4. The molecule has 0 saturated carbocycles. The zero-order chi connectivity index (χ0) is 34.1. The second-order valence-corrected chi connectivity index (χ2v) is 12.9. The van der Waals surface area contributed by atoms with Crippen molar-refractivity contribution >= 4 is 70.9 Å². The van der Waals surface area contributed by atoms with Crippen molar-refractivity contribution in [3.63, 3.8) is 0 Å². The molecule has 0 unspecified atom stereocenters. The number of rotatable bonds is 2. The molecule has 0 aliphatic carbocycles. The Balaban J connectivity index is 2.00. The molecule has 0 aliphatic heterocycles. The summed E-state index contributed by atoms with van der Waals surface area (Å²) in [4.78, 5) is 0. The molecule has 3 heteroatoms. The second-order valence-electron chi connectivity index (χ2n) is 11.7. The fraction of sp³-hybridized carbons (Fsp3) is 0.100. The molecule has 210 valence electrons. The summed E-state index contributed by atoms with van der Waals surface area (Å²) in [5, 5.41) is 4.82. The van der Waals surface area contributed by atoms with E-state index in [1.807, 2.05) is 104 Å². The number of aromatic nitrogens is 1. The summed E-state index contributed by atoms with van der Waals surface area (Å²) in [6.07, 6.45) is 0. The molecule has 0 N–H and O–H groups in total. The van der Waals surface area contributed by atoms with Crippen LogP contribution >= 0.6 is 27.5 Å². The molecule has 0 aliphatic rings. The summed E-state index contributed by atoms with van der Waals surface area (Å²) in [5.74, 6) is 0. The Labute approximate surface area is 272 Å². The van der Waals surface area contributed by atoms with Crippen molar-refractivity contribution in [1.82, 2.24) is 4.57 Å². The van der Waals surface area contributed by atoms with Gasteiger partial charge in [0, 0.05) is 26.5 Å². The van der Waals surface area contributed by atoms with Gasteiger partial charge in [-0.3, -0.25) is 0 Å². The maximum atomic E-state index is 9.76. The molecule has 1 heterocycles. The summed E-state index contributed by atoms with van der Waals surface area (Å²) >= 11 is 10.8. The Hall–Kier alpha value is -4.11. The number of para-hydroxylation sites is 1. The van der Waals surface area contributed by atoms with Crippen molar-refractivity contribution in [1.29, 1.82) is 0 Å². The summed E-state index contributed by atoms with van der Waals surface area (Å²) < 4.78 is 48.6. The first-order chi connectivity index (χ1) is 22.9. The lowest BCUT2D eigenvalue weighted by Crippen LogP contribution is -2.12. The number of hydrogen-bond acceptors (Lipinski definition) is 0. The lowest BCUT2D eigenvalue weighted by Gasteiger charge is -2.23. The smallest absolute Gasteiger partial charge is 0.0648 e. The van der Waals surface area contributed by atoms with Crippen LogP contribution in [0.3, 0.4) is 0 Å². The van der Waals surface area contributed by atoms with Gasteiger partial charge in [0.15, 0.2) is 0 Å². The Kier molecular flexibility index (Phi) is 5.67. The number of halogens is 2. The number of benzene rings is 6. The molecule has 1 nitrogen and oxygen atoms in total. The lowest BCUT2D eigenvalue weighted by molar-refractivity contribution is 0.589. The highest BCUT2D eigenvalue weighted by Gasteiger charge is 2.19. The average Bonchev–Trinajstić information content (AvgIpc) is 3.12. The van der Waals surface area contributed by atoms with Crippen LogP contribution in [0.2, 0.25) is 5.02 Å². The molecule has 0 fully saturated rings. The predicted molar refractivity (Wildman–Crippen MR) is 190 cm³/mol. The average molecular weight is 646 g/mol. The van der Waals surface area contributed by atoms with Gasteiger partial charge >= 0.3 is 0 Å². The Morgan fingerprint density at radius 3 is 2.00 bits per heavy atom. The van der Waals surface area contributed by atoms with E-state index in [1.165, 1.54) is 0 Å². The van der Waals surface area contributed by atoms with E-state index in [1.54, 1.807) is 6.07 Å². The first-order valence-electron chi connectivity index (χ1n) is 16.7. The molecule has 7 rings (SSSR count).